The number of carbonyl (C=O) groups excluding carboxylic acids is 1. The Kier molecular flexibility index (Phi) is 3.82. The highest BCUT2D eigenvalue weighted by atomic mass is 35.5. The highest BCUT2D eigenvalue weighted by Crippen LogP contribution is 2.23. The predicted octanol–water partition coefficient (Wildman–Crippen LogP) is 3.49. The summed E-state index contributed by atoms with van der Waals surface area (Å²) in [6.45, 7) is 4.68. The molecule has 1 aromatic heterocycles. The Bertz CT molecular complexity index is 575. The van der Waals surface area contributed by atoms with Crippen molar-refractivity contribution in [2.75, 3.05) is 0 Å². The molecule has 0 bridgehead atoms. The van der Waals surface area contributed by atoms with Crippen molar-refractivity contribution in [2.24, 2.45) is 0 Å². The van der Waals surface area contributed by atoms with E-state index in [1.807, 2.05) is 19.1 Å². The summed E-state index contributed by atoms with van der Waals surface area (Å²) < 4.78 is 1.72. The Hall–Kier alpha value is -1.61. The molecule has 4 heteroatoms. The highest BCUT2D eigenvalue weighted by Gasteiger charge is 2.17. The molecule has 3 nitrogen and oxygen atoms in total. The maximum absolute atomic E-state index is 12.4. The summed E-state index contributed by atoms with van der Waals surface area (Å²) in [5, 5.41) is 4.68. The molecule has 0 N–H and O–H groups in total. The minimum absolute atomic E-state index is 0.0744. The van der Waals surface area contributed by atoms with Crippen LogP contribution in [0.3, 0.4) is 0 Å². The molecule has 0 saturated heterocycles. The van der Waals surface area contributed by atoms with Crippen LogP contribution < -0.4 is 0 Å². The van der Waals surface area contributed by atoms with E-state index in [4.69, 9.17) is 11.6 Å². The molecular formula is C14H15ClN2O. The van der Waals surface area contributed by atoms with Crippen molar-refractivity contribution in [1.82, 2.24) is 9.78 Å². The monoisotopic (exact) mass is 262 g/mol. The summed E-state index contributed by atoms with van der Waals surface area (Å²) in [7, 11) is 0. The van der Waals surface area contributed by atoms with E-state index in [0.29, 0.717) is 16.3 Å². The molecule has 0 saturated carbocycles. The summed E-state index contributed by atoms with van der Waals surface area (Å²) >= 11 is 6.18. The van der Waals surface area contributed by atoms with E-state index >= 15 is 0 Å². The van der Waals surface area contributed by atoms with Crippen molar-refractivity contribution in [3.63, 3.8) is 0 Å². The average Bonchev–Trinajstić information content (AvgIpc) is 2.80. The van der Waals surface area contributed by atoms with Gasteiger partial charge in [0.15, 0.2) is 0 Å². The van der Waals surface area contributed by atoms with Crippen molar-refractivity contribution in [3.8, 4) is 0 Å². The van der Waals surface area contributed by atoms with E-state index in [0.717, 1.165) is 18.5 Å². The van der Waals surface area contributed by atoms with Crippen molar-refractivity contribution < 1.29 is 4.79 Å². The SMILES string of the molecule is CCCn1nccc1C(=O)c1cccc(C)c1Cl. The van der Waals surface area contributed by atoms with Crippen molar-refractivity contribution >= 4 is 17.4 Å². The van der Waals surface area contributed by atoms with Crippen molar-refractivity contribution in [1.29, 1.82) is 0 Å². The zero-order chi connectivity index (χ0) is 13.1. The minimum Gasteiger partial charge on any atom is -0.287 e. The first-order valence-electron chi connectivity index (χ1n) is 5.96. The maximum atomic E-state index is 12.4. The second-order valence-electron chi connectivity index (χ2n) is 4.21. The molecular weight excluding hydrogens is 248 g/mol. The minimum atomic E-state index is -0.0744. The van der Waals surface area contributed by atoms with Gasteiger partial charge in [-0.1, -0.05) is 30.7 Å². The van der Waals surface area contributed by atoms with Gasteiger partial charge in [-0.3, -0.25) is 9.48 Å². The van der Waals surface area contributed by atoms with Gasteiger partial charge in [0, 0.05) is 18.3 Å². The van der Waals surface area contributed by atoms with Crippen molar-refractivity contribution in [2.45, 2.75) is 26.8 Å². The molecule has 2 rings (SSSR count). The molecule has 0 amide bonds. The first-order valence-corrected chi connectivity index (χ1v) is 6.34. The van der Waals surface area contributed by atoms with Gasteiger partial charge in [-0.05, 0) is 31.0 Å². The molecule has 0 fully saturated rings. The number of hydrogen-bond donors (Lipinski definition) is 0. The first kappa shape index (κ1) is 12.8. The lowest BCUT2D eigenvalue weighted by Gasteiger charge is -2.08. The van der Waals surface area contributed by atoms with Crippen LogP contribution in [-0.4, -0.2) is 15.6 Å². The van der Waals surface area contributed by atoms with Crippen LogP contribution in [0, 0.1) is 6.92 Å². The summed E-state index contributed by atoms with van der Waals surface area (Å²) in [4.78, 5) is 12.4. The molecule has 0 aliphatic heterocycles. The van der Waals surface area contributed by atoms with E-state index in [-0.39, 0.29) is 5.78 Å². The van der Waals surface area contributed by atoms with E-state index in [2.05, 4.69) is 12.0 Å². The summed E-state index contributed by atoms with van der Waals surface area (Å²) in [6, 6.07) is 7.22. The van der Waals surface area contributed by atoms with Crippen LogP contribution in [0.2, 0.25) is 5.02 Å². The topological polar surface area (TPSA) is 34.9 Å². The molecule has 0 spiro atoms. The number of halogens is 1. The number of aromatic nitrogens is 2. The lowest BCUT2D eigenvalue weighted by Crippen LogP contribution is -2.12. The van der Waals surface area contributed by atoms with Gasteiger partial charge in [0.05, 0.1) is 5.02 Å². The van der Waals surface area contributed by atoms with Gasteiger partial charge < -0.3 is 0 Å². The third-order valence-corrected chi connectivity index (χ3v) is 3.32. The summed E-state index contributed by atoms with van der Waals surface area (Å²) in [6.07, 6.45) is 2.58. The molecule has 0 radical (unpaired) electrons. The fourth-order valence-corrected chi connectivity index (χ4v) is 2.09. The Morgan fingerprint density at radius 3 is 2.89 bits per heavy atom. The molecule has 1 heterocycles. The second kappa shape index (κ2) is 5.36. The fraction of sp³-hybridized carbons (Fsp3) is 0.286. The third kappa shape index (κ3) is 2.31. The standard InChI is InChI=1S/C14H15ClN2O/c1-3-9-17-12(7-8-16-17)14(18)11-6-4-5-10(2)13(11)15/h4-8H,3,9H2,1-2H3. The Balaban J connectivity index is 2.42. The molecule has 2 aromatic rings. The maximum Gasteiger partial charge on any atom is 0.212 e. The lowest BCUT2D eigenvalue weighted by atomic mass is 10.1. The third-order valence-electron chi connectivity index (χ3n) is 2.82. The predicted molar refractivity (Wildman–Crippen MR) is 72.1 cm³/mol. The van der Waals surface area contributed by atoms with E-state index in [1.54, 1.807) is 23.0 Å². The number of benzene rings is 1. The van der Waals surface area contributed by atoms with E-state index < -0.39 is 0 Å². The summed E-state index contributed by atoms with van der Waals surface area (Å²) in [5.74, 6) is -0.0744. The Morgan fingerprint density at radius 2 is 2.17 bits per heavy atom. The Labute approximate surface area is 111 Å². The number of carbonyl (C=O) groups is 1. The number of ketones is 1. The molecule has 0 aliphatic rings. The van der Waals surface area contributed by atoms with Crippen LogP contribution in [0.1, 0.15) is 35.0 Å². The molecule has 18 heavy (non-hydrogen) atoms. The Morgan fingerprint density at radius 1 is 1.39 bits per heavy atom. The van der Waals surface area contributed by atoms with Gasteiger partial charge in [0.25, 0.3) is 0 Å². The number of hydrogen-bond acceptors (Lipinski definition) is 2. The molecule has 0 atom stereocenters. The van der Waals surface area contributed by atoms with Crippen LogP contribution in [0.5, 0.6) is 0 Å². The largest absolute Gasteiger partial charge is 0.287 e. The van der Waals surface area contributed by atoms with Crippen LogP contribution >= 0.6 is 11.6 Å². The van der Waals surface area contributed by atoms with Crippen LogP contribution in [0.4, 0.5) is 0 Å². The molecule has 0 unspecified atom stereocenters. The van der Waals surface area contributed by atoms with Gasteiger partial charge in [0.2, 0.25) is 5.78 Å². The van der Waals surface area contributed by atoms with Crippen LogP contribution in [0.15, 0.2) is 30.5 Å². The number of aryl methyl sites for hydroxylation is 2. The van der Waals surface area contributed by atoms with Crippen LogP contribution in [-0.2, 0) is 6.54 Å². The average molecular weight is 263 g/mol. The first-order chi connectivity index (χ1) is 8.65. The zero-order valence-electron chi connectivity index (χ0n) is 10.5. The van der Waals surface area contributed by atoms with Gasteiger partial charge in [0.1, 0.15) is 5.69 Å². The molecule has 1 aromatic carbocycles. The summed E-state index contributed by atoms with van der Waals surface area (Å²) in [5.41, 5.74) is 2.03. The smallest absolute Gasteiger partial charge is 0.212 e. The highest BCUT2D eigenvalue weighted by molar-refractivity contribution is 6.35. The van der Waals surface area contributed by atoms with Crippen LogP contribution in [0.25, 0.3) is 0 Å². The van der Waals surface area contributed by atoms with Gasteiger partial charge in [-0.15, -0.1) is 0 Å². The van der Waals surface area contributed by atoms with Gasteiger partial charge in [-0.2, -0.15) is 5.10 Å². The van der Waals surface area contributed by atoms with E-state index in [9.17, 15) is 4.79 Å². The fourth-order valence-electron chi connectivity index (χ4n) is 1.88. The quantitative estimate of drug-likeness (QED) is 0.791. The van der Waals surface area contributed by atoms with E-state index in [1.165, 1.54) is 0 Å². The zero-order valence-corrected chi connectivity index (χ0v) is 11.2. The molecule has 94 valence electrons. The lowest BCUT2D eigenvalue weighted by molar-refractivity contribution is 0.102. The number of nitrogens with zero attached hydrogens (tertiary/aromatic N) is 2. The molecule has 0 aliphatic carbocycles. The van der Waals surface area contributed by atoms with Crippen molar-refractivity contribution in [3.05, 3.63) is 52.3 Å². The van der Waals surface area contributed by atoms with Gasteiger partial charge in [-0.25, -0.2) is 0 Å². The normalized spacial score (nSPS) is 10.6. The number of rotatable bonds is 4. The van der Waals surface area contributed by atoms with Gasteiger partial charge >= 0.3 is 0 Å². The second-order valence-corrected chi connectivity index (χ2v) is 4.58.